The topological polar surface area (TPSA) is 30.8 Å². The first-order valence-electron chi connectivity index (χ1n) is 5.06. The maximum atomic E-state index is 5.76. The van der Waals surface area contributed by atoms with Gasteiger partial charge in [-0.2, -0.15) is 0 Å². The number of ether oxygens (including phenoxy) is 2. The highest BCUT2D eigenvalue weighted by Gasteiger charge is 2.15. The number of rotatable bonds is 4. The molecule has 1 rings (SSSR count). The Labute approximate surface area is 80.1 Å². The van der Waals surface area contributed by atoms with Crippen LogP contribution in [-0.4, -0.2) is 38.2 Å². The van der Waals surface area contributed by atoms with Crippen molar-refractivity contribution < 1.29 is 9.47 Å². The van der Waals surface area contributed by atoms with Crippen LogP contribution in [0, 0.1) is 0 Å². The summed E-state index contributed by atoms with van der Waals surface area (Å²) in [5.74, 6) is 0. The number of hydrogen-bond acceptors (Lipinski definition) is 3. The summed E-state index contributed by atoms with van der Waals surface area (Å²) < 4.78 is 11.0. The van der Waals surface area contributed by atoms with Crippen LogP contribution in [-0.2, 0) is 9.47 Å². The van der Waals surface area contributed by atoms with Crippen molar-refractivity contribution in [2.75, 3.05) is 19.8 Å². The lowest BCUT2D eigenvalue weighted by Crippen LogP contribution is -2.27. The summed E-state index contributed by atoms with van der Waals surface area (Å²) in [4.78, 5) is 4.16. The molecule has 0 aromatic carbocycles. The summed E-state index contributed by atoms with van der Waals surface area (Å²) in [7, 11) is 0. The van der Waals surface area contributed by atoms with E-state index in [1.807, 2.05) is 20.1 Å². The Morgan fingerprint density at radius 3 is 2.85 bits per heavy atom. The molecule has 1 aliphatic rings. The van der Waals surface area contributed by atoms with Gasteiger partial charge in [0.2, 0.25) is 0 Å². The molecule has 0 saturated carbocycles. The molecule has 3 nitrogen and oxygen atoms in total. The smallest absolute Gasteiger partial charge is 0.0897 e. The normalized spacial score (nSPS) is 22.3. The van der Waals surface area contributed by atoms with E-state index in [0.29, 0.717) is 6.10 Å². The Bertz CT molecular complexity index is 153. The van der Waals surface area contributed by atoms with Crippen molar-refractivity contribution in [2.24, 2.45) is 4.99 Å². The molecule has 0 spiro atoms. The fourth-order valence-corrected chi connectivity index (χ4v) is 1.40. The van der Waals surface area contributed by atoms with Crippen molar-refractivity contribution in [2.45, 2.75) is 38.9 Å². The Morgan fingerprint density at radius 2 is 2.23 bits per heavy atom. The Kier molecular flexibility index (Phi) is 5.01. The van der Waals surface area contributed by atoms with Gasteiger partial charge in [-0.05, 0) is 26.7 Å². The van der Waals surface area contributed by atoms with Crippen LogP contribution in [0.4, 0.5) is 0 Å². The summed E-state index contributed by atoms with van der Waals surface area (Å²) in [6.45, 7) is 6.57. The summed E-state index contributed by atoms with van der Waals surface area (Å²) >= 11 is 0. The lowest BCUT2D eigenvalue weighted by atomic mass is 10.1. The van der Waals surface area contributed by atoms with E-state index in [9.17, 15) is 0 Å². The van der Waals surface area contributed by atoms with Crippen LogP contribution < -0.4 is 0 Å². The van der Waals surface area contributed by atoms with E-state index in [1.165, 1.54) is 0 Å². The van der Waals surface area contributed by atoms with Crippen molar-refractivity contribution in [3.8, 4) is 0 Å². The fraction of sp³-hybridized carbons (Fsp3) is 0.900. The molecule has 1 atom stereocenters. The minimum atomic E-state index is 0.142. The average Bonchev–Trinajstić information content (AvgIpc) is 2.16. The van der Waals surface area contributed by atoms with Crippen molar-refractivity contribution in [1.29, 1.82) is 0 Å². The SMILES string of the molecule is CCN=CC(C)OC1CCOCC1. The molecule has 1 aliphatic heterocycles. The molecule has 1 saturated heterocycles. The van der Waals surface area contributed by atoms with Gasteiger partial charge in [0.1, 0.15) is 0 Å². The second kappa shape index (κ2) is 6.11. The van der Waals surface area contributed by atoms with Gasteiger partial charge in [0.25, 0.3) is 0 Å². The van der Waals surface area contributed by atoms with Crippen molar-refractivity contribution in [3.05, 3.63) is 0 Å². The Hall–Kier alpha value is -0.410. The van der Waals surface area contributed by atoms with Gasteiger partial charge >= 0.3 is 0 Å². The minimum Gasteiger partial charge on any atom is -0.381 e. The quantitative estimate of drug-likeness (QED) is 0.624. The first-order valence-corrected chi connectivity index (χ1v) is 5.06. The third-order valence-corrected chi connectivity index (χ3v) is 2.07. The number of nitrogens with zero attached hydrogens (tertiary/aromatic N) is 1. The number of aliphatic imine (C=N–C) groups is 1. The summed E-state index contributed by atoms with van der Waals surface area (Å²) in [6.07, 6.45) is 4.43. The predicted octanol–water partition coefficient (Wildman–Crippen LogP) is 1.66. The van der Waals surface area contributed by atoms with E-state index in [4.69, 9.17) is 9.47 Å². The summed E-state index contributed by atoms with van der Waals surface area (Å²) in [5.41, 5.74) is 0. The molecule has 0 radical (unpaired) electrons. The first kappa shape index (κ1) is 10.7. The molecule has 1 unspecified atom stereocenters. The Morgan fingerprint density at radius 1 is 1.54 bits per heavy atom. The predicted molar refractivity (Wildman–Crippen MR) is 53.4 cm³/mol. The van der Waals surface area contributed by atoms with Crippen LogP contribution in [0.5, 0.6) is 0 Å². The van der Waals surface area contributed by atoms with Crippen molar-refractivity contribution in [3.63, 3.8) is 0 Å². The molecular weight excluding hydrogens is 166 g/mol. The van der Waals surface area contributed by atoms with Gasteiger partial charge < -0.3 is 9.47 Å². The molecule has 13 heavy (non-hydrogen) atoms. The molecule has 0 N–H and O–H groups in total. The van der Waals surface area contributed by atoms with Gasteiger partial charge in [0.15, 0.2) is 0 Å². The molecule has 0 aliphatic carbocycles. The van der Waals surface area contributed by atoms with E-state index in [0.717, 1.165) is 32.6 Å². The molecule has 0 aromatic rings. The lowest BCUT2D eigenvalue weighted by Gasteiger charge is -2.24. The molecule has 0 bridgehead atoms. The number of hydrogen-bond donors (Lipinski definition) is 0. The standard InChI is InChI=1S/C10H19NO2/c1-3-11-8-9(2)13-10-4-6-12-7-5-10/h8-10H,3-7H2,1-2H3. The molecular formula is C10H19NO2. The highest BCUT2D eigenvalue weighted by molar-refractivity contribution is 5.62. The van der Waals surface area contributed by atoms with Crippen molar-refractivity contribution in [1.82, 2.24) is 0 Å². The van der Waals surface area contributed by atoms with E-state index in [2.05, 4.69) is 4.99 Å². The second-order valence-corrected chi connectivity index (χ2v) is 3.30. The molecule has 76 valence electrons. The highest BCUT2D eigenvalue weighted by Crippen LogP contribution is 2.11. The largest absolute Gasteiger partial charge is 0.381 e. The maximum Gasteiger partial charge on any atom is 0.0897 e. The van der Waals surface area contributed by atoms with Crippen LogP contribution in [0.2, 0.25) is 0 Å². The molecule has 0 aromatic heterocycles. The third kappa shape index (κ3) is 4.39. The summed E-state index contributed by atoms with van der Waals surface area (Å²) in [6, 6.07) is 0. The zero-order valence-corrected chi connectivity index (χ0v) is 8.53. The monoisotopic (exact) mass is 185 g/mol. The van der Waals surface area contributed by atoms with E-state index >= 15 is 0 Å². The average molecular weight is 185 g/mol. The minimum absolute atomic E-state index is 0.142. The van der Waals surface area contributed by atoms with Crippen LogP contribution in [0.1, 0.15) is 26.7 Å². The van der Waals surface area contributed by atoms with E-state index in [1.54, 1.807) is 0 Å². The molecule has 0 amide bonds. The van der Waals surface area contributed by atoms with E-state index in [-0.39, 0.29) is 6.10 Å². The summed E-state index contributed by atoms with van der Waals surface area (Å²) in [5, 5.41) is 0. The van der Waals surface area contributed by atoms with Gasteiger partial charge in [0, 0.05) is 26.0 Å². The van der Waals surface area contributed by atoms with Crippen LogP contribution in [0.3, 0.4) is 0 Å². The van der Waals surface area contributed by atoms with Gasteiger partial charge in [-0.15, -0.1) is 0 Å². The Balaban J connectivity index is 2.18. The zero-order valence-electron chi connectivity index (χ0n) is 8.53. The van der Waals surface area contributed by atoms with Crippen LogP contribution in [0.25, 0.3) is 0 Å². The van der Waals surface area contributed by atoms with Gasteiger partial charge in [-0.3, -0.25) is 4.99 Å². The fourth-order valence-electron chi connectivity index (χ4n) is 1.40. The van der Waals surface area contributed by atoms with E-state index < -0.39 is 0 Å². The molecule has 3 heteroatoms. The third-order valence-electron chi connectivity index (χ3n) is 2.07. The van der Waals surface area contributed by atoms with Crippen LogP contribution in [0.15, 0.2) is 4.99 Å². The zero-order chi connectivity index (χ0) is 9.52. The van der Waals surface area contributed by atoms with Gasteiger partial charge in [-0.1, -0.05) is 0 Å². The van der Waals surface area contributed by atoms with Crippen molar-refractivity contribution >= 4 is 6.21 Å². The second-order valence-electron chi connectivity index (χ2n) is 3.30. The first-order chi connectivity index (χ1) is 6.33. The molecule has 1 heterocycles. The molecule has 1 fully saturated rings. The lowest BCUT2D eigenvalue weighted by molar-refractivity contribution is -0.0416. The van der Waals surface area contributed by atoms with Gasteiger partial charge in [0.05, 0.1) is 12.2 Å². The maximum absolute atomic E-state index is 5.76. The van der Waals surface area contributed by atoms with Crippen LogP contribution >= 0.6 is 0 Å². The highest BCUT2D eigenvalue weighted by atomic mass is 16.5. The van der Waals surface area contributed by atoms with Gasteiger partial charge in [-0.25, -0.2) is 0 Å².